The normalized spacial score (nSPS) is 21.7. The van der Waals surface area contributed by atoms with Crippen molar-refractivity contribution in [2.45, 2.75) is 32.6 Å². The highest BCUT2D eigenvalue weighted by molar-refractivity contribution is 6.01. The maximum absolute atomic E-state index is 12.8. The molecular formula is C17H24O4. The van der Waals surface area contributed by atoms with E-state index in [1.807, 2.05) is 0 Å². The molecule has 1 aliphatic rings. The predicted octanol–water partition coefficient (Wildman–Crippen LogP) is 3.72. The number of ether oxygens (including phenoxy) is 3. The van der Waals surface area contributed by atoms with Crippen molar-refractivity contribution >= 4 is 5.78 Å². The van der Waals surface area contributed by atoms with E-state index in [2.05, 4.69) is 6.92 Å². The Morgan fingerprint density at radius 2 is 1.57 bits per heavy atom. The maximum atomic E-state index is 12.8. The van der Waals surface area contributed by atoms with Gasteiger partial charge in [0.1, 0.15) is 0 Å². The van der Waals surface area contributed by atoms with Crippen LogP contribution in [-0.2, 0) is 0 Å². The summed E-state index contributed by atoms with van der Waals surface area (Å²) in [5.41, 5.74) is 0.592. The summed E-state index contributed by atoms with van der Waals surface area (Å²) in [5.74, 6) is 2.49. The number of carbonyl (C=O) groups excluding carboxylic acids is 1. The topological polar surface area (TPSA) is 44.8 Å². The Balaban J connectivity index is 2.32. The van der Waals surface area contributed by atoms with Crippen LogP contribution in [0.5, 0.6) is 17.2 Å². The lowest BCUT2D eigenvalue weighted by molar-refractivity contribution is 0.0872. The van der Waals surface area contributed by atoms with Gasteiger partial charge in [0.2, 0.25) is 5.75 Å². The van der Waals surface area contributed by atoms with Crippen LogP contribution in [0.1, 0.15) is 43.0 Å². The van der Waals surface area contributed by atoms with Crippen LogP contribution in [0, 0.1) is 11.8 Å². The summed E-state index contributed by atoms with van der Waals surface area (Å²) >= 11 is 0. The first-order chi connectivity index (χ1) is 10.1. The number of methoxy groups -OCH3 is 3. The van der Waals surface area contributed by atoms with Gasteiger partial charge in [0.05, 0.1) is 26.9 Å². The van der Waals surface area contributed by atoms with Crippen molar-refractivity contribution in [2.24, 2.45) is 11.8 Å². The molecule has 116 valence electrons. The summed E-state index contributed by atoms with van der Waals surface area (Å²) < 4.78 is 16.0. The summed E-state index contributed by atoms with van der Waals surface area (Å²) in [6.45, 7) is 2.25. The minimum Gasteiger partial charge on any atom is -0.493 e. The molecule has 1 aliphatic carbocycles. The van der Waals surface area contributed by atoms with E-state index in [0.29, 0.717) is 22.8 Å². The van der Waals surface area contributed by atoms with Crippen LogP contribution in [0.2, 0.25) is 0 Å². The minimum atomic E-state index is 0.0909. The van der Waals surface area contributed by atoms with Gasteiger partial charge in [-0.15, -0.1) is 0 Å². The molecule has 0 amide bonds. The zero-order chi connectivity index (χ0) is 15.4. The Labute approximate surface area is 126 Å². The number of benzene rings is 1. The van der Waals surface area contributed by atoms with Crippen LogP contribution in [0.25, 0.3) is 0 Å². The third-order valence-corrected chi connectivity index (χ3v) is 4.36. The highest BCUT2D eigenvalue weighted by Crippen LogP contribution is 2.42. The van der Waals surface area contributed by atoms with Gasteiger partial charge >= 0.3 is 0 Å². The van der Waals surface area contributed by atoms with Crippen LogP contribution in [-0.4, -0.2) is 27.1 Å². The molecule has 0 saturated heterocycles. The Morgan fingerprint density at radius 3 is 2.10 bits per heavy atom. The molecule has 4 nitrogen and oxygen atoms in total. The zero-order valence-electron chi connectivity index (χ0n) is 13.3. The average molecular weight is 292 g/mol. The average Bonchev–Trinajstić information content (AvgIpc) is 2.53. The van der Waals surface area contributed by atoms with Crippen LogP contribution >= 0.6 is 0 Å². The first-order valence-electron chi connectivity index (χ1n) is 7.45. The van der Waals surface area contributed by atoms with Gasteiger partial charge in [-0.3, -0.25) is 4.79 Å². The lowest BCUT2D eigenvalue weighted by atomic mass is 9.79. The fraction of sp³-hybridized carbons (Fsp3) is 0.588. The predicted molar refractivity (Wildman–Crippen MR) is 81.6 cm³/mol. The molecule has 21 heavy (non-hydrogen) atoms. The van der Waals surface area contributed by atoms with Crippen molar-refractivity contribution in [1.82, 2.24) is 0 Å². The molecule has 1 aromatic carbocycles. The molecule has 0 N–H and O–H groups in total. The van der Waals surface area contributed by atoms with Crippen molar-refractivity contribution in [2.75, 3.05) is 21.3 Å². The van der Waals surface area contributed by atoms with Gasteiger partial charge in [-0.05, 0) is 30.9 Å². The molecular weight excluding hydrogens is 268 g/mol. The van der Waals surface area contributed by atoms with Crippen molar-refractivity contribution in [3.63, 3.8) is 0 Å². The lowest BCUT2D eigenvalue weighted by Crippen LogP contribution is -2.21. The van der Waals surface area contributed by atoms with Crippen molar-refractivity contribution in [3.8, 4) is 17.2 Å². The number of Topliss-reactive ketones (excluding diaryl/α,β-unsaturated/α-hetero) is 1. The Kier molecular flexibility index (Phi) is 5.10. The molecule has 1 saturated carbocycles. The van der Waals surface area contributed by atoms with Gasteiger partial charge in [-0.1, -0.05) is 19.8 Å². The van der Waals surface area contributed by atoms with E-state index in [9.17, 15) is 4.79 Å². The molecule has 0 radical (unpaired) electrons. The molecule has 0 heterocycles. The van der Waals surface area contributed by atoms with E-state index in [0.717, 1.165) is 31.6 Å². The van der Waals surface area contributed by atoms with Crippen LogP contribution in [0.4, 0.5) is 0 Å². The van der Waals surface area contributed by atoms with Gasteiger partial charge in [0.15, 0.2) is 17.3 Å². The van der Waals surface area contributed by atoms with Gasteiger partial charge in [0.25, 0.3) is 0 Å². The molecule has 0 aromatic heterocycles. The summed E-state index contributed by atoms with van der Waals surface area (Å²) in [6, 6.07) is 3.54. The van der Waals surface area contributed by atoms with E-state index in [1.54, 1.807) is 33.5 Å². The molecule has 1 fully saturated rings. The summed E-state index contributed by atoms with van der Waals surface area (Å²) in [7, 11) is 4.68. The van der Waals surface area contributed by atoms with Crippen molar-refractivity contribution < 1.29 is 19.0 Å². The van der Waals surface area contributed by atoms with Gasteiger partial charge in [-0.25, -0.2) is 0 Å². The number of carbonyl (C=O) groups is 1. The van der Waals surface area contributed by atoms with Crippen molar-refractivity contribution in [1.29, 1.82) is 0 Å². The second-order valence-electron chi connectivity index (χ2n) is 5.70. The van der Waals surface area contributed by atoms with Gasteiger partial charge < -0.3 is 14.2 Å². The fourth-order valence-corrected chi connectivity index (χ4v) is 3.04. The molecule has 4 heteroatoms. The van der Waals surface area contributed by atoms with E-state index in [4.69, 9.17) is 14.2 Å². The van der Waals surface area contributed by atoms with Gasteiger partial charge in [0, 0.05) is 5.92 Å². The maximum Gasteiger partial charge on any atom is 0.204 e. The lowest BCUT2D eigenvalue weighted by Gasteiger charge is -2.26. The minimum absolute atomic E-state index is 0.0909. The monoisotopic (exact) mass is 292 g/mol. The van der Waals surface area contributed by atoms with E-state index in [1.165, 1.54) is 0 Å². The molecule has 0 aliphatic heterocycles. The van der Waals surface area contributed by atoms with E-state index < -0.39 is 0 Å². The summed E-state index contributed by atoms with van der Waals surface area (Å²) in [5, 5.41) is 0. The highest BCUT2D eigenvalue weighted by Gasteiger charge is 2.29. The molecule has 1 aromatic rings. The van der Waals surface area contributed by atoms with E-state index in [-0.39, 0.29) is 11.7 Å². The van der Waals surface area contributed by atoms with Crippen molar-refractivity contribution in [3.05, 3.63) is 17.7 Å². The number of ketones is 1. The molecule has 0 atom stereocenters. The molecule has 0 unspecified atom stereocenters. The molecule has 0 spiro atoms. The summed E-state index contributed by atoms with van der Waals surface area (Å²) in [4.78, 5) is 12.8. The Bertz CT molecular complexity index is 502. The number of hydrogen-bond acceptors (Lipinski definition) is 4. The first-order valence-corrected chi connectivity index (χ1v) is 7.45. The first kappa shape index (κ1) is 15.7. The third-order valence-electron chi connectivity index (χ3n) is 4.36. The van der Waals surface area contributed by atoms with E-state index >= 15 is 0 Å². The SMILES string of the molecule is COc1ccc(C(=O)C2CCC(C)CC2)c(OC)c1OC. The summed E-state index contributed by atoms with van der Waals surface area (Å²) in [6.07, 6.45) is 4.15. The van der Waals surface area contributed by atoms with Crippen LogP contribution < -0.4 is 14.2 Å². The Hall–Kier alpha value is -1.71. The number of hydrogen-bond donors (Lipinski definition) is 0. The highest BCUT2D eigenvalue weighted by atomic mass is 16.5. The Morgan fingerprint density at radius 1 is 0.952 bits per heavy atom. The largest absolute Gasteiger partial charge is 0.493 e. The molecule has 2 rings (SSSR count). The smallest absolute Gasteiger partial charge is 0.204 e. The van der Waals surface area contributed by atoms with Crippen LogP contribution in [0.3, 0.4) is 0 Å². The standard InChI is InChI=1S/C17H24O4/c1-11-5-7-12(8-6-11)15(18)13-9-10-14(19-2)17(21-4)16(13)20-3/h9-12H,5-8H2,1-4H3. The van der Waals surface area contributed by atoms with Gasteiger partial charge in [-0.2, -0.15) is 0 Å². The number of rotatable bonds is 5. The zero-order valence-corrected chi connectivity index (χ0v) is 13.3. The van der Waals surface area contributed by atoms with Crippen LogP contribution in [0.15, 0.2) is 12.1 Å². The second kappa shape index (κ2) is 6.83. The quantitative estimate of drug-likeness (QED) is 0.776. The fourth-order valence-electron chi connectivity index (χ4n) is 3.04. The molecule has 0 bridgehead atoms. The second-order valence-corrected chi connectivity index (χ2v) is 5.70. The third kappa shape index (κ3) is 3.14.